The Kier molecular flexibility index (Phi) is 3.70. The number of aliphatic hydroxyl groups is 1. The third-order valence-corrected chi connectivity index (χ3v) is 1.81. The summed E-state index contributed by atoms with van der Waals surface area (Å²) in [5.41, 5.74) is -2.34. The van der Waals surface area contributed by atoms with Gasteiger partial charge in [0.2, 0.25) is 0 Å². The van der Waals surface area contributed by atoms with Crippen LogP contribution >= 0.6 is 0 Å². The van der Waals surface area contributed by atoms with Crippen LogP contribution in [-0.2, 0) is 6.18 Å². The standard InChI is InChI=1S/C10H6F3NO3/c11-10(12,13)8-4-3-7(2-1-5-15)6-9(8)14(16)17/h3-4,6,15H,5H2. The number of nitro groups is 1. The molecule has 0 aromatic heterocycles. The fourth-order valence-corrected chi connectivity index (χ4v) is 1.14. The highest BCUT2D eigenvalue weighted by atomic mass is 19.4. The molecule has 0 bridgehead atoms. The Labute approximate surface area is 93.8 Å². The molecule has 0 aliphatic rings. The molecular formula is C10H6F3NO3. The van der Waals surface area contributed by atoms with Crippen molar-refractivity contribution in [2.75, 3.05) is 6.61 Å². The van der Waals surface area contributed by atoms with Crippen molar-refractivity contribution >= 4 is 5.69 Å². The minimum Gasteiger partial charge on any atom is -0.384 e. The maximum Gasteiger partial charge on any atom is 0.422 e. The lowest BCUT2D eigenvalue weighted by atomic mass is 10.1. The van der Waals surface area contributed by atoms with E-state index in [9.17, 15) is 23.3 Å². The Bertz CT molecular complexity index is 500. The molecule has 0 saturated carbocycles. The second kappa shape index (κ2) is 4.84. The molecule has 1 aromatic carbocycles. The minimum absolute atomic E-state index is 0.0405. The Morgan fingerprint density at radius 3 is 2.53 bits per heavy atom. The van der Waals surface area contributed by atoms with E-state index in [1.54, 1.807) is 0 Å². The molecule has 0 amide bonds. The van der Waals surface area contributed by atoms with Gasteiger partial charge in [-0.1, -0.05) is 11.8 Å². The molecule has 1 aromatic rings. The lowest BCUT2D eigenvalue weighted by Gasteiger charge is -2.07. The van der Waals surface area contributed by atoms with Gasteiger partial charge in [-0.2, -0.15) is 13.2 Å². The Balaban J connectivity index is 3.32. The number of benzene rings is 1. The Morgan fingerprint density at radius 2 is 2.06 bits per heavy atom. The zero-order valence-corrected chi connectivity index (χ0v) is 8.28. The molecule has 4 nitrogen and oxygen atoms in total. The molecule has 17 heavy (non-hydrogen) atoms. The van der Waals surface area contributed by atoms with Crippen LogP contribution in [-0.4, -0.2) is 16.6 Å². The lowest BCUT2D eigenvalue weighted by molar-refractivity contribution is -0.388. The van der Waals surface area contributed by atoms with E-state index in [-0.39, 0.29) is 5.56 Å². The second-order valence-electron chi connectivity index (χ2n) is 2.95. The fourth-order valence-electron chi connectivity index (χ4n) is 1.14. The molecule has 7 heteroatoms. The van der Waals surface area contributed by atoms with Crippen molar-refractivity contribution in [3.63, 3.8) is 0 Å². The van der Waals surface area contributed by atoms with Crippen molar-refractivity contribution in [2.24, 2.45) is 0 Å². The first-order valence-electron chi connectivity index (χ1n) is 4.31. The van der Waals surface area contributed by atoms with Crippen molar-refractivity contribution in [1.29, 1.82) is 0 Å². The number of nitro benzene ring substituents is 1. The van der Waals surface area contributed by atoms with Gasteiger partial charge in [-0.3, -0.25) is 10.1 Å². The average Bonchev–Trinajstić information content (AvgIpc) is 2.24. The predicted octanol–water partition coefficient (Wildman–Crippen LogP) is 1.96. The van der Waals surface area contributed by atoms with Crippen molar-refractivity contribution in [1.82, 2.24) is 0 Å². The molecule has 0 spiro atoms. The van der Waals surface area contributed by atoms with Crippen LogP contribution in [0.3, 0.4) is 0 Å². The maximum absolute atomic E-state index is 12.4. The van der Waals surface area contributed by atoms with Gasteiger partial charge in [0.1, 0.15) is 12.2 Å². The van der Waals surface area contributed by atoms with E-state index < -0.39 is 29.0 Å². The van der Waals surface area contributed by atoms with Crippen LogP contribution in [0.5, 0.6) is 0 Å². The van der Waals surface area contributed by atoms with E-state index in [2.05, 4.69) is 11.8 Å². The molecule has 0 heterocycles. The van der Waals surface area contributed by atoms with Crippen LogP contribution in [0, 0.1) is 22.0 Å². The topological polar surface area (TPSA) is 63.4 Å². The summed E-state index contributed by atoms with van der Waals surface area (Å²) in [5, 5.41) is 18.9. The highest BCUT2D eigenvalue weighted by Crippen LogP contribution is 2.36. The van der Waals surface area contributed by atoms with E-state index in [0.29, 0.717) is 6.07 Å². The zero-order valence-electron chi connectivity index (χ0n) is 8.28. The summed E-state index contributed by atoms with van der Waals surface area (Å²) in [6.07, 6.45) is -4.79. The van der Waals surface area contributed by atoms with Crippen LogP contribution in [0.15, 0.2) is 18.2 Å². The Morgan fingerprint density at radius 1 is 1.41 bits per heavy atom. The van der Waals surface area contributed by atoms with Gasteiger partial charge in [-0.15, -0.1) is 0 Å². The SMILES string of the molecule is O=[N+]([O-])c1cc(C#CCO)ccc1C(F)(F)F. The highest BCUT2D eigenvalue weighted by Gasteiger charge is 2.38. The molecule has 0 saturated heterocycles. The third-order valence-electron chi connectivity index (χ3n) is 1.81. The Hall–Kier alpha value is -2.07. The van der Waals surface area contributed by atoms with Crippen molar-refractivity contribution in [3.8, 4) is 11.8 Å². The van der Waals surface area contributed by atoms with Gasteiger partial charge in [0.25, 0.3) is 5.69 Å². The number of halogens is 3. The maximum atomic E-state index is 12.4. The smallest absolute Gasteiger partial charge is 0.384 e. The molecule has 1 rings (SSSR count). The number of rotatable bonds is 1. The normalized spacial score (nSPS) is 10.6. The average molecular weight is 245 g/mol. The van der Waals surface area contributed by atoms with Crippen LogP contribution in [0.25, 0.3) is 0 Å². The molecule has 0 fully saturated rings. The molecule has 0 unspecified atom stereocenters. The first kappa shape index (κ1) is 13.0. The van der Waals surface area contributed by atoms with Crippen molar-refractivity contribution in [3.05, 3.63) is 39.4 Å². The first-order chi connectivity index (χ1) is 7.86. The summed E-state index contributed by atoms with van der Waals surface area (Å²) in [6, 6.07) is 2.34. The molecule has 0 aliphatic carbocycles. The number of alkyl halides is 3. The summed E-state index contributed by atoms with van der Waals surface area (Å²) < 4.78 is 37.2. The quantitative estimate of drug-likeness (QED) is 0.467. The van der Waals surface area contributed by atoms with E-state index in [0.717, 1.165) is 12.1 Å². The highest BCUT2D eigenvalue weighted by molar-refractivity contribution is 5.50. The van der Waals surface area contributed by atoms with E-state index >= 15 is 0 Å². The molecular weight excluding hydrogens is 239 g/mol. The number of aliphatic hydroxyl groups excluding tert-OH is 1. The van der Waals surface area contributed by atoms with Gasteiger partial charge in [0, 0.05) is 11.6 Å². The lowest BCUT2D eigenvalue weighted by Crippen LogP contribution is -2.08. The second-order valence-corrected chi connectivity index (χ2v) is 2.95. The summed E-state index contributed by atoms with van der Waals surface area (Å²) in [5.74, 6) is 4.49. The van der Waals surface area contributed by atoms with Crippen molar-refractivity contribution in [2.45, 2.75) is 6.18 Å². The minimum atomic E-state index is -4.79. The van der Waals surface area contributed by atoms with Gasteiger partial charge in [0.05, 0.1) is 4.92 Å². The van der Waals surface area contributed by atoms with Gasteiger partial charge < -0.3 is 5.11 Å². The summed E-state index contributed by atoms with van der Waals surface area (Å²) in [7, 11) is 0. The molecule has 0 radical (unpaired) electrons. The molecule has 0 atom stereocenters. The summed E-state index contributed by atoms with van der Waals surface area (Å²) in [6.45, 7) is -0.477. The van der Waals surface area contributed by atoms with Crippen LogP contribution in [0.4, 0.5) is 18.9 Å². The van der Waals surface area contributed by atoms with Crippen LogP contribution < -0.4 is 0 Å². The predicted molar refractivity (Wildman–Crippen MR) is 52.1 cm³/mol. The van der Waals surface area contributed by atoms with Crippen molar-refractivity contribution < 1.29 is 23.2 Å². The first-order valence-corrected chi connectivity index (χ1v) is 4.31. The fraction of sp³-hybridized carbons (Fsp3) is 0.200. The largest absolute Gasteiger partial charge is 0.422 e. The summed E-state index contributed by atoms with van der Waals surface area (Å²) in [4.78, 5) is 9.38. The molecule has 0 aliphatic heterocycles. The van der Waals surface area contributed by atoms with E-state index in [1.807, 2.05) is 0 Å². The molecule has 90 valence electrons. The van der Waals surface area contributed by atoms with Gasteiger partial charge in [-0.25, -0.2) is 0 Å². The number of hydrogen-bond donors (Lipinski definition) is 1. The van der Waals surface area contributed by atoms with Crippen LogP contribution in [0.1, 0.15) is 11.1 Å². The van der Waals surface area contributed by atoms with E-state index in [4.69, 9.17) is 5.11 Å². The number of hydrogen-bond acceptors (Lipinski definition) is 3. The number of nitrogens with zero attached hydrogens (tertiary/aromatic N) is 1. The van der Waals surface area contributed by atoms with Gasteiger partial charge in [-0.05, 0) is 12.1 Å². The van der Waals surface area contributed by atoms with Gasteiger partial charge in [0.15, 0.2) is 0 Å². The zero-order chi connectivity index (χ0) is 13.1. The van der Waals surface area contributed by atoms with Crippen LogP contribution in [0.2, 0.25) is 0 Å². The van der Waals surface area contributed by atoms with E-state index in [1.165, 1.54) is 0 Å². The summed E-state index contributed by atoms with van der Waals surface area (Å²) >= 11 is 0. The monoisotopic (exact) mass is 245 g/mol. The molecule has 1 N–H and O–H groups in total. The third kappa shape index (κ3) is 3.19. The van der Waals surface area contributed by atoms with Gasteiger partial charge >= 0.3 is 6.18 Å².